The maximum absolute atomic E-state index is 13.2. The Hall–Kier alpha value is -1.48. The summed E-state index contributed by atoms with van der Waals surface area (Å²) < 4.78 is 13.2. The van der Waals surface area contributed by atoms with E-state index in [9.17, 15) is 14.8 Å². The van der Waals surface area contributed by atoms with E-state index in [-0.39, 0.29) is 17.5 Å². The predicted molar refractivity (Wildman–Crippen MR) is 119 cm³/mol. The average Bonchev–Trinajstić information content (AvgIpc) is 3.51. The highest BCUT2D eigenvalue weighted by atomic mass is 19.1. The van der Waals surface area contributed by atoms with Gasteiger partial charge in [0.15, 0.2) is 0 Å². The van der Waals surface area contributed by atoms with Gasteiger partial charge < -0.3 is 5.11 Å². The van der Waals surface area contributed by atoms with Gasteiger partial charge in [0, 0.05) is 19.1 Å². The zero-order valence-electron chi connectivity index (χ0n) is 18.6. The number of halogens is 1. The summed E-state index contributed by atoms with van der Waals surface area (Å²) in [5.74, 6) is 2.06. The van der Waals surface area contributed by atoms with E-state index in [1.807, 2.05) is 12.1 Å². The van der Waals surface area contributed by atoms with E-state index in [4.69, 9.17) is 0 Å². The smallest absolute Gasteiger partial charge is 0.123 e. The van der Waals surface area contributed by atoms with Crippen LogP contribution in [-0.4, -0.2) is 58.8 Å². The van der Waals surface area contributed by atoms with Gasteiger partial charge in [-0.05, 0) is 99.9 Å². The van der Waals surface area contributed by atoms with Gasteiger partial charge in [0.05, 0.1) is 24.1 Å². The first-order valence-electron chi connectivity index (χ1n) is 12.4. The van der Waals surface area contributed by atoms with Crippen LogP contribution in [0.1, 0.15) is 69.3 Å². The lowest BCUT2D eigenvalue weighted by molar-refractivity contribution is -0.0944. The van der Waals surface area contributed by atoms with E-state index in [1.54, 1.807) is 12.1 Å². The molecule has 5 rings (SSSR count). The van der Waals surface area contributed by atoms with Crippen LogP contribution >= 0.6 is 0 Å². The van der Waals surface area contributed by atoms with Crippen LogP contribution in [0, 0.1) is 29.0 Å². The van der Waals surface area contributed by atoms with Crippen LogP contribution in [-0.2, 0) is 0 Å². The van der Waals surface area contributed by atoms with Crippen LogP contribution < -0.4 is 0 Å². The Balaban J connectivity index is 1.09. The Morgan fingerprint density at radius 1 is 1.03 bits per heavy atom. The molecule has 1 aromatic rings. The zero-order chi connectivity index (χ0) is 21.4. The molecule has 0 bridgehead atoms. The van der Waals surface area contributed by atoms with E-state index in [2.05, 4.69) is 15.9 Å². The fraction of sp³-hybridized carbons (Fsp3) is 0.731. The van der Waals surface area contributed by atoms with Crippen molar-refractivity contribution in [3.63, 3.8) is 0 Å². The molecule has 2 aliphatic heterocycles. The van der Waals surface area contributed by atoms with Crippen molar-refractivity contribution in [2.45, 2.75) is 81.4 Å². The van der Waals surface area contributed by atoms with Crippen molar-refractivity contribution < 1.29 is 9.50 Å². The lowest BCUT2D eigenvalue weighted by Gasteiger charge is -2.59. The van der Waals surface area contributed by atoms with Crippen molar-refractivity contribution in [3.8, 4) is 6.07 Å². The van der Waals surface area contributed by atoms with Crippen LogP contribution in [0.2, 0.25) is 0 Å². The quantitative estimate of drug-likeness (QED) is 0.738. The van der Waals surface area contributed by atoms with Crippen LogP contribution in [0.25, 0.3) is 0 Å². The van der Waals surface area contributed by atoms with Crippen molar-refractivity contribution in [2.24, 2.45) is 11.8 Å². The SMILES string of the molecule is N#CCC1(N2CCC(C[C@@H]3CC3c3ccc(F)cc3)CC2)CN(C2CCC(O)CC2)C1. The monoisotopic (exact) mass is 425 g/mol. The number of nitrogens with zero attached hydrogens (tertiary/aromatic N) is 3. The van der Waals surface area contributed by atoms with Crippen molar-refractivity contribution in [2.75, 3.05) is 26.2 Å². The van der Waals surface area contributed by atoms with E-state index in [0.717, 1.165) is 63.7 Å². The molecule has 168 valence electrons. The molecule has 0 spiro atoms. The average molecular weight is 426 g/mol. The number of benzene rings is 1. The van der Waals surface area contributed by atoms with Gasteiger partial charge >= 0.3 is 0 Å². The molecule has 2 atom stereocenters. The molecular formula is C26H36FN3O. The van der Waals surface area contributed by atoms with E-state index in [0.29, 0.717) is 18.4 Å². The first-order valence-corrected chi connectivity index (χ1v) is 12.4. The van der Waals surface area contributed by atoms with Crippen LogP contribution in [0.4, 0.5) is 4.39 Å². The summed E-state index contributed by atoms with van der Waals surface area (Å²) in [6, 6.07) is 10.2. The lowest BCUT2D eigenvalue weighted by Crippen LogP contribution is -2.72. The minimum absolute atomic E-state index is 0.0615. The molecule has 2 saturated heterocycles. The van der Waals surface area contributed by atoms with Gasteiger partial charge in [-0.25, -0.2) is 4.39 Å². The Labute approximate surface area is 186 Å². The Morgan fingerprint density at radius 2 is 1.71 bits per heavy atom. The molecule has 1 N–H and O–H groups in total. The molecule has 4 fully saturated rings. The molecule has 31 heavy (non-hydrogen) atoms. The lowest BCUT2D eigenvalue weighted by atomic mass is 9.78. The van der Waals surface area contributed by atoms with Gasteiger partial charge in [-0.15, -0.1) is 0 Å². The number of aliphatic hydroxyl groups excluding tert-OH is 1. The van der Waals surface area contributed by atoms with Gasteiger partial charge in [-0.3, -0.25) is 9.80 Å². The third-order valence-corrected chi connectivity index (χ3v) is 8.73. The second-order valence-corrected chi connectivity index (χ2v) is 10.7. The normalized spacial score (nSPS) is 34.1. The molecule has 0 aromatic heterocycles. The molecule has 2 heterocycles. The zero-order valence-corrected chi connectivity index (χ0v) is 18.6. The number of piperidine rings is 1. The standard InChI is InChI=1S/C26H36FN3O/c27-22-3-1-20(2-4-22)25-16-21(25)15-19-9-13-30(14-10-19)26(11-12-28)17-29(18-26)23-5-7-24(31)8-6-23/h1-4,19,21,23-25,31H,5-11,13-18H2/t21-,23?,24?,25?/m1/s1. The van der Waals surface area contributed by atoms with Gasteiger partial charge in [0.1, 0.15) is 5.82 Å². The summed E-state index contributed by atoms with van der Waals surface area (Å²) in [6.45, 7) is 4.30. The first-order chi connectivity index (χ1) is 15.1. The molecule has 1 unspecified atom stereocenters. The highest BCUT2D eigenvalue weighted by Gasteiger charge is 2.50. The number of rotatable bonds is 6. The summed E-state index contributed by atoms with van der Waals surface area (Å²) >= 11 is 0. The van der Waals surface area contributed by atoms with Gasteiger partial charge in [-0.2, -0.15) is 5.26 Å². The third-order valence-electron chi connectivity index (χ3n) is 8.73. The van der Waals surface area contributed by atoms with E-state index in [1.165, 1.54) is 31.2 Å². The topological polar surface area (TPSA) is 50.5 Å². The summed E-state index contributed by atoms with van der Waals surface area (Å²) in [4.78, 5) is 5.21. The van der Waals surface area contributed by atoms with Crippen LogP contribution in [0.3, 0.4) is 0 Å². The van der Waals surface area contributed by atoms with Crippen molar-refractivity contribution in [1.29, 1.82) is 5.26 Å². The highest BCUT2D eigenvalue weighted by Crippen LogP contribution is 2.52. The number of aliphatic hydroxyl groups is 1. The van der Waals surface area contributed by atoms with Crippen molar-refractivity contribution in [1.82, 2.24) is 9.80 Å². The van der Waals surface area contributed by atoms with Gasteiger partial charge in [0.2, 0.25) is 0 Å². The number of hydrogen-bond acceptors (Lipinski definition) is 4. The molecule has 1 aromatic carbocycles. The fourth-order valence-corrected chi connectivity index (χ4v) is 6.66. The maximum Gasteiger partial charge on any atom is 0.123 e. The van der Waals surface area contributed by atoms with E-state index >= 15 is 0 Å². The Bertz CT molecular complexity index is 784. The third kappa shape index (κ3) is 4.53. The first kappa shape index (κ1) is 21.4. The number of nitriles is 1. The van der Waals surface area contributed by atoms with Crippen LogP contribution in [0.15, 0.2) is 24.3 Å². The molecule has 0 amide bonds. The van der Waals surface area contributed by atoms with Crippen molar-refractivity contribution >= 4 is 0 Å². The minimum atomic E-state index is -0.143. The number of hydrogen-bond donors (Lipinski definition) is 1. The van der Waals surface area contributed by atoms with Crippen LogP contribution in [0.5, 0.6) is 0 Å². The fourth-order valence-electron chi connectivity index (χ4n) is 6.66. The molecular weight excluding hydrogens is 389 g/mol. The second-order valence-electron chi connectivity index (χ2n) is 10.7. The molecule has 4 nitrogen and oxygen atoms in total. The molecule has 0 radical (unpaired) electrons. The van der Waals surface area contributed by atoms with Crippen molar-refractivity contribution in [3.05, 3.63) is 35.6 Å². The van der Waals surface area contributed by atoms with E-state index < -0.39 is 0 Å². The molecule has 4 aliphatic rings. The Kier molecular flexibility index (Phi) is 6.07. The van der Waals surface area contributed by atoms with Gasteiger partial charge in [-0.1, -0.05) is 12.1 Å². The maximum atomic E-state index is 13.2. The minimum Gasteiger partial charge on any atom is -0.393 e. The molecule has 2 saturated carbocycles. The summed E-state index contributed by atoms with van der Waals surface area (Å²) in [7, 11) is 0. The Morgan fingerprint density at radius 3 is 2.35 bits per heavy atom. The van der Waals surface area contributed by atoms with Gasteiger partial charge in [0.25, 0.3) is 0 Å². The largest absolute Gasteiger partial charge is 0.393 e. The summed E-state index contributed by atoms with van der Waals surface area (Å²) in [5.41, 5.74) is 1.37. The summed E-state index contributed by atoms with van der Waals surface area (Å²) in [6.07, 6.45) is 9.65. The molecule has 2 aliphatic carbocycles. The highest BCUT2D eigenvalue weighted by molar-refractivity contribution is 5.26. The predicted octanol–water partition coefficient (Wildman–Crippen LogP) is 4.30. The molecule has 5 heteroatoms. The summed E-state index contributed by atoms with van der Waals surface area (Å²) in [5, 5.41) is 19.3. The number of likely N-dealkylation sites (tertiary alicyclic amines) is 2. The second kappa shape index (κ2) is 8.81.